The first kappa shape index (κ1) is 16.6. The Morgan fingerprint density at radius 1 is 1.43 bits per heavy atom. The minimum absolute atomic E-state index is 0.0480. The molecule has 1 aliphatic heterocycles. The Morgan fingerprint density at radius 3 is 2.78 bits per heavy atom. The molecular formula is C19H26O4. The summed E-state index contributed by atoms with van der Waals surface area (Å²) in [7, 11) is 0. The number of aliphatic hydroxyl groups is 1. The van der Waals surface area contributed by atoms with E-state index in [4.69, 9.17) is 14.6 Å². The minimum Gasteiger partial charge on any atom is -0.396 e. The molecule has 3 rings (SSSR count). The van der Waals surface area contributed by atoms with E-state index >= 15 is 0 Å². The van der Waals surface area contributed by atoms with E-state index in [2.05, 4.69) is 19.9 Å². The lowest BCUT2D eigenvalue weighted by molar-refractivity contribution is -0.183. The van der Waals surface area contributed by atoms with Gasteiger partial charge in [0, 0.05) is 24.0 Å². The molecule has 0 unspecified atom stereocenters. The largest absolute Gasteiger partial charge is 0.396 e. The zero-order chi connectivity index (χ0) is 16.6. The summed E-state index contributed by atoms with van der Waals surface area (Å²) in [5.74, 6) is -0.462. The molecule has 126 valence electrons. The topological polar surface area (TPSA) is 55.8 Å². The number of allylic oxidation sites excluding steroid dienone is 4. The van der Waals surface area contributed by atoms with Crippen molar-refractivity contribution in [2.24, 2.45) is 17.8 Å². The first-order valence-corrected chi connectivity index (χ1v) is 8.49. The van der Waals surface area contributed by atoms with Crippen molar-refractivity contribution in [3.63, 3.8) is 0 Å². The van der Waals surface area contributed by atoms with Gasteiger partial charge >= 0.3 is 0 Å². The molecule has 0 radical (unpaired) electrons. The lowest BCUT2D eigenvalue weighted by atomic mass is 9.63. The fourth-order valence-corrected chi connectivity index (χ4v) is 4.27. The van der Waals surface area contributed by atoms with Gasteiger partial charge in [-0.25, -0.2) is 0 Å². The van der Waals surface area contributed by atoms with Crippen molar-refractivity contribution in [3.05, 3.63) is 34.9 Å². The number of rotatable bonds is 3. The molecule has 3 aliphatic rings. The first-order valence-electron chi connectivity index (χ1n) is 8.49. The van der Waals surface area contributed by atoms with Gasteiger partial charge in [-0.15, -0.1) is 0 Å². The summed E-state index contributed by atoms with van der Waals surface area (Å²) in [5.41, 5.74) is 2.90. The van der Waals surface area contributed by atoms with Gasteiger partial charge in [0.05, 0.1) is 13.2 Å². The summed E-state index contributed by atoms with van der Waals surface area (Å²) >= 11 is 0. The number of carbonyl (C=O) groups excluding carboxylic acids is 1. The average Bonchev–Trinajstić information content (AvgIpc) is 2.97. The summed E-state index contributed by atoms with van der Waals surface area (Å²) in [5, 5.41) is 9.04. The van der Waals surface area contributed by atoms with Gasteiger partial charge in [-0.05, 0) is 44.3 Å². The Labute approximate surface area is 137 Å². The predicted octanol–water partition coefficient (Wildman–Crippen LogP) is 2.79. The number of ether oxygens (including phenoxy) is 2. The van der Waals surface area contributed by atoms with Gasteiger partial charge in [0.1, 0.15) is 0 Å². The standard InChI is InChI=1S/C19H26O4/c1-12-9-14(3)17-16(10-12)19(22-7-8-23-19)11-15(18(17)21)13(2)5-4-6-20/h5,9,11,14,16-17,20H,4,6-8,10H2,1-3H3/b13-5-/t14-,16+,17-/m1/s1. The number of aliphatic hydroxyl groups excluding tert-OH is 1. The molecule has 0 saturated carbocycles. The Kier molecular flexibility index (Phi) is 4.59. The van der Waals surface area contributed by atoms with Crippen LogP contribution in [0.3, 0.4) is 0 Å². The van der Waals surface area contributed by atoms with E-state index in [0.717, 1.165) is 12.0 Å². The second-order valence-electron chi connectivity index (χ2n) is 6.95. The van der Waals surface area contributed by atoms with Crippen LogP contribution in [-0.4, -0.2) is 36.5 Å². The van der Waals surface area contributed by atoms with Crippen LogP contribution in [0.4, 0.5) is 0 Å². The number of hydrogen-bond donors (Lipinski definition) is 1. The third-order valence-electron chi connectivity index (χ3n) is 5.26. The van der Waals surface area contributed by atoms with Crippen LogP contribution in [0.5, 0.6) is 0 Å². The van der Waals surface area contributed by atoms with Crippen LogP contribution in [0.2, 0.25) is 0 Å². The lowest BCUT2D eigenvalue weighted by Gasteiger charge is -2.46. The maximum Gasteiger partial charge on any atom is 0.192 e. The zero-order valence-electron chi connectivity index (χ0n) is 14.2. The van der Waals surface area contributed by atoms with E-state index in [0.29, 0.717) is 25.2 Å². The van der Waals surface area contributed by atoms with Gasteiger partial charge in [0.2, 0.25) is 0 Å². The maximum absolute atomic E-state index is 13.1. The Bertz CT molecular complexity index is 578. The maximum atomic E-state index is 13.1. The Morgan fingerprint density at radius 2 is 2.13 bits per heavy atom. The van der Waals surface area contributed by atoms with Crippen LogP contribution in [-0.2, 0) is 14.3 Å². The molecule has 4 heteroatoms. The zero-order valence-corrected chi connectivity index (χ0v) is 14.2. The van der Waals surface area contributed by atoms with E-state index in [9.17, 15) is 4.79 Å². The summed E-state index contributed by atoms with van der Waals surface area (Å²) in [4.78, 5) is 13.1. The number of Topliss-reactive ketones (excluding diaryl/α,β-unsaturated/α-hetero) is 1. The predicted molar refractivity (Wildman–Crippen MR) is 87.7 cm³/mol. The first-order chi connectivity index (χ1) is 11.0. The SMILES string of the molecule is CC1=C[C@@H](C)[C@H]2C(=O)C(/C(C)=C\CCO)=CC3(OCCO3)[C@H]2C1. The highest BCUT2D eigenvalue weighted by Crippen LogP contribution is 2.49. The lowest BCUT2D eigenvalue weighted by Crippen LogP contribution is -2.51. The van der Waals surface area contributed by atoms with Gasteiger partial charge in [-0.1, -0.05) is 24.6 Å². The summed E-state index contributed by atoms with van der Waals surface area (Å²) < 4.78 is 12.1. The molecule has 0 aromatic rings. The molecule has 0 amide bonds. The summed E-state index contributed by atoms with van der Waals surface area (Å²) in [6.45, 7) is 7.37. The normalized spacial score (nSPS) is 33.5. The van der Waals surface area contributed by atoms with Gasteiger partial charge in [0.15, 0.2) is 11.6 Å². The highest BCUT2D eigenvalue weighted by molar-refractivity contribution is 6.02. The van der Waals surface area contributed by atoms with E-state index < -0.39 is 5.79 Å². The van der Waals surface area contributed by atoms with Crippen molar-refractivity contribution in [3.8, 4) is 0 Å². The molecule has 1 N–H and O–H groups in total. The molecule has 1 fully saturated rings. The number of hydrogen-bond acceptors (Lipinski definition) is 4. The van der Waals surface area contributed by atoms with Crippen LogP contribution >= 0.6 is 0 Å². The third-order valence-corrected chi connectivity index (χ3v) is 5.26. The minimum atomic E-state index is -0.772. The molecule has 0 bridgehead atoms. The monoisotopic (exact) mass is 318 g/mol. The van der Waals surface area contributed by atoms with Gasteiger partial charge in [0.25, 0.3) is 0 Å². The van der Waals surface area contributed by atoms with Crippen LogP contribution in [0.15, 0.2) is 34.9 Å². The Hall–Kier alpha value is -1.23. The molecule has 23 heavy (non-hydrogen) atoms. The van der Waals surface area contributed by atoms with Crippen molar-refractivity contribution >= 4 is 5.78 Å². The van der Waals surface area contributed by atoms with E-state index in [1.807, 2.05) is 19.1 Å². The van der Waals surface area contributed by atoms with Crippen molar-refractivity contribution < 1.29 is 19.4 Å². The van der Waals surface area contributed by atoms with Crippen LogP contribution in [0.25, 0.3) is 0 Å². The fraction of sp³-hybridized carbons (Fsp3) is 0.632. The van der Waals surface area contributed by atoms with E-state index in [-0.39, 0.29) is 30.1 Å². The number of ketones is 1. The molecule has 1 saturated heterocycles. The number of carbonyl (C=O) groups is 1. The van der Waals surface area contributed by atoms with Gasteiger partial charge < -0.3 is 14.6 Å². The van der Waals surface area contributed by atoms with E-state index in [1.54, 1.807) is 0 Å². The molecule has 2 aliphatic carbocycles. The van der Waals surface area contributed by atoms with Crippen LogP contribution < -0.4 is 0 Å². The Balaban J connectivity index is 2.05. The highest BCUT2D eigenvalue weighted by atomic mass is 16.7. The van der Waals surface area contributed by atoms with Crippen molar-refractivity contribution in [1.82, 2.24) is 0 Å². The second-order valence-corrected chi connectivity index (χ2v) is 6.95. The van der Waals surface area contributed by atoms with Crippen LogP contribution in [0, 0.1) is 17.8 Å². The van der Waals surface area contributed by atoms with Crippen molar-refractivity contribution in [2.75, 3.05) is 19.8 Å². The van der Waals surface area contributed by atoms with Gasteiger partial charge in [-0.2, -0.15) is 0 Å². The number of fused-ring (bicyclic) bond motifs is 2. The van der Waals surface area contributed by atoms with Crippen molar-refractivity contribution in [2.45, 2.75) is 39.4 Å². The van der Waals surface area contributed by atoms with Crippen LogP contribution in [0.1, 0.15) is 33.6 Å². The smallest absolute Gasteiger partial charge is 0.192 e. The summed E-state index contributed by atoms with van der Waals surface area (Å²) in [6, 6.07) is 0. The van der Waals surface area contributed by atoms with Gasteiger partial charge in [-0.3, -0.25) is 4.79 Å². The highest BCUT2D eigenvalue weighted by Gasteiger charge is 2.54. The third kappa shape index (κ3) is 2.84. The quantitative estimate of drug-likeness (QED) is 0.813. The van der Waals surface area contributed by atoms with E-state index in [1.165, 1.54) is 5.57 Å². The molecule has 4 nitrogen and oxygen atoms in total. The average molecular weight is 318 g/mol. The molecule has 3 atom stereocenters. The second kappa shape index (κ2) is 6.34. The molecule has 1 heterocycles. The molecule has 0 aromatic carbocycles. The van der Waals surface area contributed by atoms with Crippen molar-refractivity contribution in [1.29, 1.82) is 0 Å². The molecule has 1 spiro atoms. The summed E-state index contributed by atoms with van der Waals surface area (Å²) in [6.07, 6.45) is 7.41. The fourth-order valence-electron chi connectivity index (χ4n) is 4.27. The molecule has 0 aromatic heterocycles. The molecular weight excluding hydrogens is 292 g/mol.